The summed E-state index contributed by atoms with van der Waals surface area (Å²) < 4.78 is 2.09. The normalized spacial score (nSPS) is 10.6. The molecule has 106 valence electrons. The Balaban J connectivity index is 2.01. The van der Waals surface area contributed by atoms with Gasteiger partial charge in [-0.25, -0.2) is 4.98 Å². The maximum atomic E-state index is 4.59. The summed E-state index contributed by atoms with van der Waals surface area (Å²) in [7, 11) is 0. The van der Waals surface area contributed by atoms with Gasteiger partial charge >= 0.3 is 0 Å². The summed E-state index contributed by atoms with van der Waals surface area (Å²) in [6.07, 6.45) is 2.05. The Morgan fingerprint density at radius 3 is 2.38 bits per heavy atom. The van der Waals surface area contributed by atoms with Gasteiger partial charge in [0.15, 0.2) is 0 Å². The molecular weight excluding hydrogens is 258 g/mol. The van der Waals surface area contributed by atoms with Crippen molar-refractivity contribution in [3.05, 3.63) is 71.5 Å². The second kappa shape index (κ2) is 5.44. The summed E-state index contributed by atoms with van der Waals surface area (Å²) in [5.41, 5.74) is 5.73. The quantitative estimate of drug-likeness (QED) is 0.761. The molecule has 0 spiro atoms. The Hall–Kier alpha value is -2.55. The van der Waals surface area contributed by atoms with E-state index in [1.54, 1.807) is 0 Å². The highest BCUT2D eigenvalue weighted by atomic mass is 15.2. The molecule has 3 aromatic rings. The smallest absolute Gasteiger partial charge is 0.212 e. The summed E-state index contributed by atoms with van der Waals surface area (Å²) in [6.45, 7) is 6.27. The average molecular weight is 277 g/mol. The summed E-state index contributed by atoms with van der Waals surface area (Å²) in [4.78, 5) is 4.59. The number of para-hydroxylation sites is 1. The zero-order valence-electron chi connectivity index (χ0n) is 12.6. The highest BCUT2D eigenvalue weighted by Gasteiger charge is 2.08. The molecular formula is C18H19N3. The van der Waals surface area contributed by atoms with Gasteiger partial charge in [0.25, 0.3) is 0 Å². The van der Waals surface area contributed by atoms with E-state index in [9.17, 15) is 0 Å². The van der Waals surface area contributed by atoms with Crippen molar-refractivity contribution >= 4 is 11.6 Å². The van der Waals surface area contributed by atoms with Gasteiger partial charge in [0.1, 0.15) is 0 Å². The van der Waals surface area contributed by atoms with Gasteiger partial charge in [-0.2, -0.15) is 0 Å². The van der Waals surface area contributed by atoms with Crippen molar-refractivity contribution in [1.82, 2.24) is 9.55 Å². The first kappa shape index (κ1) is 13.4. The van der Waals surface area contributed by atoms with Gasteiger partial charge in [-0.1, -0.05) is 24.3 Å². The molecule has 0 aliphatic heterocycles. The van der Waals surface area contributed by atoms with Crippen LogP contribution < -0.4 is 5.32 Å². The van der Waals surface area contributed by atoms with Crippen LogP contribution in [-0.4, -0.2) is 9.55 Å². The molecule has 0 bridgehead atoms. The number of nitrogens with zero attached hydrogens (tertiary/aromatic N) is 2. The summed E-state index contributed by atoms with van der Waals surface area (Å²) in [6, 6.07) is 16.6. The standard InChI is InChI=1S/C18H19N3/c1-13-9-10-17(11-14(13)2)21-12-15(3)19-18(21)20-16-7-5-4-6-8-16/h4-12H,1-3H3,(H,19,20). The molecule has 1 heterocycles. The van der Waals surface area contributed by atoms with E-state index < -0.39 is 0 Å². The Bertz CT molecular complexity index is 757. The van der Waals surface area contributed by atoms with Crippen molar-refractivity contribution in [2.24, 2.45) is 0 Å². The maximum absolute atomic E-state index is 4.59. The van der Waals surface area contributed by atoms with E-state index in [2.05, 4.69) is 53.1 Å². The van der Waals surface area contributed by atoms with Crippen molar-refractivity contribution < 1.29 is 0 Å². The van der Waals surface area contributed by atoms with E-state index in [1.165, 1.54) is 11.1 Å². The minimum atomic E-state index is 0.835. The number of rotatable bonds is 3. The van der Waals surface area contributed by atoms with Crippen LogP contribution in [0.15, 0.2) is 54.7 Å². The van der Waals surface area contributed by atoms with Gasteiger partial charge in [0.2, 0.25) is 5.95 Å². The molecule has 3 nitrogen and oxygen atoms in total. The minimum absolute atomic E-state index is 0.835. The lowest BCUT2D eigenvalue weighted by Gasteiger charge is -2.11. The van der Waals surface area contributed by atoms with Crippen molar-refractivity contribution in [2.45, 2.75) is 20.8 Å². The van der Waals surface area contributed by atoms with E-state index in [0.717, 1.165) is 23.0 Å². The summed E-state index contributed by atoms with van der Waals surface area (Å²) >= 11 is 0. The molecule has 3 rings (SSSR count). The Morgan fingerprint density at radius 2 is 1.67 bits per heavy atom. The van der Waals surface area contributed by atoms with Crippen LogP contribution in [0.3, 0.4) is 0 Å². The van der Waals surface area contributed by atoms with Crippen molar-refractivity contribution in [3.8, 4) is 5.69 Å². The van der Waals surface area contributed by atoms with Gasteiger partial charge < -0.3 is 5.32 Å². The zero-order valence-corrected chi connectivity index (χ0v) is 12.6. The summed E-state index contributed by atoms with van der Waals surface area (Å²) in [5, 5.41) is 3.38. The summed E-state index contributed by atoms with van der Waals surface area (Å²) in [5.74, 6) is 0.835. The van der Waals surface area contributed by atoms with E-state index in [1.807, 2.05) is 37.3 Å². The maximum Gasteiger partial charge on any atom is 0.212 e. The van der Waals surface area contributed by atoms with Crippen LogP contribution in [0.2, 0.25) is 0 Å². The molecule has 0 radical (unpaired) electrons. The first-order valence-electron chi connectivity index (χ1n) is 7.09. The molecule has 0 saturated heterocycles. The highest BCUT2D eigenvalue weighted by molar-refractivity contribution is 5.56. The SMILES string of the molecule is Cc1cn(-c2ccc(C)c(C)c2)c(Nc2ccccc2)n1. The van der Waals surface area contributed by atoms with Crippen LogP contribution in [0.4, 0.5) is 11.6 Å². The fraction of sp³-hybridized carbons (Fsp3) is 0.167. The van der Waals surface area contributed by atoms with Crippen LogP contribution in [-0.2, 0) is 0 Å². The van der Waals surface area contributed by atoms with Crippen LogP contribution in [0, 0.1) is 20.8 Å². The second-order valence-corrected chi connectivity index (χ2v) is 5.34. The van der Waals surface area contributed by atoms with Crippen LogP contribution >= 0.6 is 0 Å². The molecule has 21 heavy (non-hydrogen) atoms. The zero-order chi connectivity index (χ0) is 14.8. The lowest BCUT2D eigenvalue weighted by atomic mass is 10.1. The van der Waals surface area contributed by atoms with Crippen LogP contribution in [0.25, 0.3) is 5.69 Å². The molecule has 0 atom stereocenters. The van der Waals surface area contributed by atoms with Gasteiger partial charge in [-0.3, -0.25) is 4.57 Å². The number of imidazole rings is 1. The Kier molecular flexibility index (Phi) is 3.48. The lowest BCUT2D eigenvalue weighted by Crippen LogP contribution is -2.01. The molecule has 0 amide bonds. The fourth-order valence-electron chi connectivity index (χ4n) is 2.31. The van der Waals surface area contributed by atoms with Crippen LogP contribution in [0.1, 0.15) is 16.8 Å². The topological polar surface area (TPSA) is 29.9 Å². The molecule has 1 aromatic heterocycles. The van der Waals surface area contributed by atoms with E-state index in [4.69, 9.17) is 0 Å². The minimum Gasteiger partial charge on any atom is -0.325 e. The van der Waals surface area contributed by atoms with Crippen molar-refractivity contribution in [1.29, 1.82) is 0 Å². The van der Waals surface area contributed by atoms with Gasteiger partial charge in [-0.15, -0.1) is 0 Å². The average Bonchev–Trinajstić information content (AvgIpc) is 2.84. The van der Waals surface area contributed by atoms with Gasteiger partial charge in [0, 0.05) is 17.6 Å². The third kappa shape index (κ3) is 2.82. The molecule has 0 aliphatic carbocycles. The third-order valence-electron chi connectivity index (χ3n) is 3.62. The molecule has 1 N–H and O–H groups in total. The largest absolute Gasteiger partial charge is 0.325 e. The highest BCUT2D eigenvalue weighted by Crippen LogP contribution is 2.22. The molecule has 0 fully saturated rings. The van der Waals surface area contributed by atoms with Gasteiger partial charge in [0.05, 0.1) is 5.69 Å². The number of hydrogen-bond acceptors (Lipinski definition) is 2. The number of benzene rings is 2. The molecule has 3 heteroatoms. The predicted molar refractivity (Wildman–Crippen MR) is 87.5 cm³/mol. The first-order valence-corrected chi connectivity index (χ1v) is 7.09. The first-order chi connectivity index (χ1) is 10.1. The van der Waals surface area contributed by atoms with E-state index in [-0.39, 0.29) is 0 Å². The number of aryl methyl sites for hydroxylation is 3. The lowest BCUT2D eigenvalue weighted by molar-refractivity contribution is 1.06. The Labute approximate surface area is 125 Å². The van der Waals surface area contributed by atoms with Gasteiger partial charge in [-0.05, 0) is 56.2 Å². The number of aromatic nitrogens is 2. The second-order valence-electron chi connectivity index (χ2n) is 5.34. The molecule has 0 saturated carbocycles. The fourth-order valence-corrected chi connectivity index (χ4v) is 2.31. The number of hydrogen-bond donors (Lipinski definition) is 1. The third-order valence-corrected chi connectivity index (χ3v) is 3.62. The Morgan fingerprint density at radius 1 is 0.905 bits per heavy atom. The van der Waals surface area contributed by atoms with Crippen molar-refractivity contribution in [3.63, 3.8) is 0 Å². The molecule has 2 aromatic carbocycles. The van der Waals surface area contributed by atoms with E-state index in [0.29, 0.717) is 0 Å². The van der Waals surface area contributed by atoms with E-state index >= 15 is 0 Å². The van der Waals surface area contributed by atoms with Crippen molar-refractivity contribution in [2.75, 3.05) is 5.32 Å². The number of nitrogens with one attached hydrogen (secondary N) is 1. The molecule has 0 unspecified atom stereocenters. The van der Waals surface area contributed by atoms with Crippen LogP contribution in [0.5, 0.6) is 0 Å². The number of anilines is 2. The predicted octanol–water partition coefficient (Wildman–Crippen LogP) is 4.54. The monoisotopic (exact) mass is 277 g/mol. The molecule has 0 aliphatic rings.